The van der Waals surface area contributed by atoms with Crippen LogP contribution in [0.15, 0.2) is 0 Å². The molecule has 1 fully saturated rings. The third-order valence-corrected chi connectivity index (χ3v) is 4.11. The number of hydrogen-bond acceptors (Lipinski definition) is 4. The van der Waals surface area contributed by atoms with Crippen LogP contribution in [0.3, 0.4) is 0 Å². The highest BCUT2D eigenvalue weighted by molar-refractivity contribution is 4.75. The molecule has 0 aromatic rings. The Kier molecular flexibility index (Phi) is 10.3. The highest BCUT2D eigenvalue weighted by Crippen LogP contribution is 2.16. The Morgan fingerprint density at radius 2 is 2.00 bits per heavy atom. The van der Waals surface area contributed by atoms with E-state index in [0.717, 1.165) is 64.0 Å². The molecule has 1 rings (SSSR count). The van der Waals surface area contributed by atoms with Crippen molar-refractivity contribution in [2.24, 2.45) is 11.8 Å². The van der Waals surface area contributed by atoms with Gasteiger partial charge in [-0.15, -0.1) is 0 Å². The van der Waals surface area contributed by atoms with E-state index >= 15 is 0 Å². The molecular weight excluding hydrogens is 264 g/mol. The smallest absolute Gasteiger partial charge is 0.0900 e. The van der Waals surface area contributed by atoms with Crippen LogP contribution in [0.2, 0.25) is 0 Å². The van der Waals surface area contributed by atoms with Gasteiger partial charge in [-0.3, -0.25) is 0 Å². The topological polar surface area (TPSA) is 44.7 Å². The van der Waals surface area contributed by atoms with Gasteiger partial charge in [-0.05, 0) is 57.3 Å². The minimum absolute atomic E-state index is 0.336. The Morgan fingerprint density at radius 1 is 1.29 bits per heavy atom. The van der Waals surface area contributed by atoms with Crippen LogP contribution < -0.4 is 5.32 Å². The van der Waals surface area contributed by atoms with Crippen LogP contribution in [-0.4, -0.2) is 62.0 Å². The highest BCUT2D eigenvalue weighted by Gasteiger charge is 2.20. The third kappa shape index (κ3) is 9.46. The molecular formula is C17H36N2O2. The summed E-state index contributed by atoms with van der Waals surface area (Å²) < 4.78 is 5.49. The van der Waals surface area contributed by atoms with Crippen molar-refractivity contribution in [1.82, 2.24) is 10.2 Å². The van der Waals surface area contributed by atoms with Crippen molar-refractivity contribution in [3.8, 4) is 0 Å². The molecule has 21 heavy (non-hydrogen) atoms. The molecule has 0 spiro atoms. The van der Waals surface area contributed by atoms with Gasteiger partial charge in [0, 0.05) is 13.2 Å². The molecule has 0 radical (unpaired) electrons. The van der Waals surface area contributed by atoms with Crippen LogP contribution in [0.1, 0.15) is 46.5 Å². The van der Waals surface area contributed by atoms with E-state index in [-0.39, 0.29) is 6.10 Å². The number of rotatable bonds is 11. The molecule has 4 heteroatoms. The van der Waals surface area contributed by atoms with Crippen molar-refractivity contribution in [1.29, 1.82) is 0 Å². The molecule has 2 N–H and O–H groups in total. The molecule has 0 aromatic heterocycles. The van der Waals surface area contributed by atoms with Gasteiger partial charge in [0.25, 0.3) is 0 Å². The molecule has 4 nitrogen and oxygen atoms in total. The monoisotopic (exact) mass is 300 g/mol. The lowest BCUT2D eigenvalue weighted by Crippen LogP contribution is -2.42. The van der Waals surface area contributed by atoms with E-state index in [1.54, 1.807) is 0 Å². The van der Waals surface area contributed by atoms with E-state index in [1.807, 2.05) is 0 Å². The van der Waals surface area contributed by atoms with Crippen LogP contribution in [0.25, 0.3) is 0 Å². The molecule has 0 bridgehead atoms. The fourth-order valence-electron chi connectivity index (χ4n) is 2.77. The summed E-state index contributed by atoms with van der Waals surface area (Å²) in [5.74, 6) is 1.53. The Morgan fingerprint density at radius 3 is 2.62 bits per heavy atom. The molecule has 0 saturated carbocycles. The lowest BCUT2D eigenvalue weighted by atomic mass is 9.96. The van der Waals surface area contributed by atoms with Gasteiger partial charge in [0.1, 0.15) is 0 Å². The Balaban J connectivity index is 2.04. The van der Waals surface area contributed by atoms with Crippen LogP contribution in [0, 0.1) is 11.8 Å². The number of hydrogen-bond donors (Lipinski definition) is 2. The average Bonchev–Trinajstić information content (AvgIpc) is 2.45. The minimum Gasteiger partial charge on any atom is -0.389 e. The number of piperidine rings is 1. The third-order valence-electron chi connectivity index (χ3n) is 4.11. The van der Waals surface area contributed by atoms with E-state index < -0.39 is 0 Å². The zero-order valence-electron chi connectivity index (χ0n) is 14.3. The predicted molar refractivity (Wildman–Crippen MR) is 88.6 cm³/mol. The van der Waals surface area contributed by atoms with Gasteiger partial charge >= 0.3 is 0 Å². The average molecular weight is 300 g/mol. The lowest BCUT2D eigenvalue weighted by Gasteiger charge is -2.33. The van der Waals surface area contributed by atoms with Crippen molar-refractivity contribution in [3.05, 3.63) is 0 Å². The zero-order valence-corrected chi connectivity index (χ0v) is 14.3. The van der Waals surface area contributed by atoms with Gasteiger partial charge in [0.15, 0.2) is 0 Å². The summed E-state index contributed by atoms with van der Waals surface area (Å²) in [7, 11) is 0. The lowest BCUT2D eigenvalue weighted by molar-refractivity contribution is 0.00994. The largest absolute Gasteiger partial charge is 0.389 e. The molecule has 126 valence electrons. The van der Waals surface area contributed by atoms with Crippen LogP contribution in [0.4, 0.5) is 0 Å². The minimum atomic E-state index is -0.336. The van der Waals surface area contributed by atoms with Crippen molar-refractivity contribution in [2.45, 2.75) is 52.6 Å². The second-order valence-corrected chi connectivity index (χ2v) is 6.88. The molecule has 1 unspecified atom stereocenters. The van der Waals surface area contributed by atoms with E-state index in [2.05, 4.69) is 31.0 Å². The van der Waals surface area contributed by atoms with E-state index in [4.69, 9.17) is 4.74 Å². The first-order chi connectivity index (χ1) is 10.1. The fourth-order valence-corrected chi connectivity index (χ4v) is 2.77. The highest BCUT2D eigenvalue weighted by atomic mass is 16.5. The van der Waals surface area contributed by atoms with Gasteiger partial charge < -0.3 is 20.1 Å². The SMILES string of the molecule is CCCCOCC(O)CN1CCC(CNCC(C)C)CC1. The molecule has 0 amide bonds. The quantitative estimate of drug-likeness (QED) is 0.574. The van der Waals surface area contributed by atoms with Crippen LogP contribution in [-0.2, 0) is 4.74 Å². The Hall–Kier alpha value is -0.160. The summed E-state index contributed by atoms with van der Waals surface area (Å²) in [6.07, 6.45) is 4.39. The summed E-state index contributed by atoms with van der Waals surface area (Å²) in [4.78, 5) is 2.38. The van der Waals surface area contributed by atoms with Gasteiger partial charge in [0.05, 0.1) is 12.7 Å². The standard InChI is InChI=1S/C17H36N2O2/c1-4-5-10-21-14-17(20)13-19-8-6-16(7-9-19)12-18-11-15(2)3/h15-18,20H,4-14H2,1-3H3. The molecule has 0 aliphatic carbocycles. The van der Waals surface area contributed by atoms with Crippen molar-refractivity contribution in [3.63, 3.8) is 0 Å². The van der Waals surface area contributed by atoms with Crippen LogP contribution in [0.5, 0.6) is 0 Å². The van der Waals surface area contributed by atoms with Gasteiger partial charge in [-0.25, -0.2) is 0 Å². The van der Waals surface area contributed by atoms with Crippen molar-refractivity contribution in [2.75, 3.05) is 45.9 Å². The molecule has 1 heterocycles. The maximum absolute atomic E-state index is 9.99. The predicted octanol–water partition coefficient (Wildman–Crippen LogP) is 2.12. The summed E-state index contributed by atoms with van der Waals surface area (Å²) in [6.45, 7) is 13.2. The van der Waals surface area contributed by atoms with Crippen LogP contribution >= 0.6 is 0 Å². The number of β-amino-alcohol motifs (C(OH)–C–C–N with tert-alkyl or cyclic N) is 1. The number of aliphatic hydroxyl groups is 1. The fraction of sp³-hybridized carbons (Fsp3) is 1.00. The Labute approximate surface area is 131 Å². The molecule has 1 aliphatic rings. The number of ether oxygens (including phenoxy) is 1. The summed E-state index contributed by atoms with van der Waals surface area (Å²) in [5, 5.41) is 13.6. The summed E-state index contributed by atoms with van der Waals surface area (Å²) in [6, 6.07) is 0. The Bertz CT molecular complexity index is 241. The van der Waals surface area contributed by atoms with E-state index in [0.29, 0.717) is 6.61 Å². The first kappa shape index (κ1) is 18.9. The maximum Gasteiger partial charge on any atom is 0.0900 e. The van der Waals surface area contributed by atoms with E-state index in [9.17, 15) is 5.11 Å². The van der Waals surface area contributed by atoms with Crippen molar-refractivity contribution >= 4 is 0 Å². The number of aliphatic hydroxyl groups excluding tert-OH is 1. The van der Waals surface area contributed by atoms with Gasteiger partial charge in [-0.2, -0.15) is 0 Å². The zero-order chi connectivity index (χ0) is 15.5. The number of nitrogens with one attached hydrogen (secondary N) is 1. The normalized spacial score (nSPS) is 19.3. The number of nitrogens with zero attached hydrogens (tertiary/aromatic N) is 1. The van der Waals surface area contributed by atoms with Gasteiger partial charge in [-0.1, -0.05) is 27.2 Å². The van der Waals surface area contributed by atoms with Gasteiger partial charge in [0.2, 0.25) is 0 Å². The molecule has 1 saturated heterocycles. The van der Waals surface area contributed by atoms with E-state index in [1.165, 1.54) is 12.8 Å². The molecule has 1 atom stereocenters. The second kappa shape index (κ2) is 11.4. The summed E-state index contributed by atoms with van der Waals surface area (Å²) >= 11 is 0. The summed E-state index contributed by atoms with van der Waals surface area (Å²) in [5.41, 5.74) is 0. The first-order valence-electron chi connectivity index (χ1n) is 8.80. The second-order valence-electron chi connectivity index (χ2n) is 6.88. The molecule has 0 aromatic carbocycles. The first-order valence-corrected chi connectivity index (χ1v) is 8.80. The maximum atomic E-state index is 9.99. The number of likely N-dealkylation sites (tertiary alicyclic amines) is 1. The van der Waals surface area contributed by atoms with Crippen molar-refractivity contribution < 1.29 is 9.84 Å². The number of unbranched alkanes of at least 4 members (excludes halogenated alkanes) is 1. The molecule has 1 aliphatic heterocycles.